The maximum Gasteiger partial charge on any atom is 0.237 e. The van der Waals surface area contributed by atoms with Crippen LogP contribution in [-0.2, 0) is 13.1 Å². The Kier molecular flexibility index (Phi) is 11.0. The maximum atomic E-state index is 7.37. The van der Waals surface area contributed by atoms with E-state index in [-0.39, 0.29) is 5.84 Å². The molecule has 4 aromatic rings. The zero-order valence-electron chi connectivity index (χ0n) is 25.8. The molecule has 6 N–H and O–H groups in total. The lowest BCUT2D eigenvalue weighted by Gasteiger charge is -2.15. The number of nitrogens with zero attached hydrogens (tertiary/aromatic N) is 4. The van der Waals surface area contributed by atoms with Gasteiger partial charge >= 0.3 is 0 Å². The monoisotopic (exact) mass is 661 g/mol. The van der Waals surface area contributed by atoms with Crippen molar-refractivity contribution in [1.29, 1.82) is 5.41 Å². The van der Waals surface area contributed by atoms with Crippen molar-refractivity contribution in [3.63, 3.8) is 0 Å². The van der Waals surface area contributed by atoms with Gasteiger partial charge in [-0.2, -0.15) is 0 Å². The first-order valence-electron chi connectivity index (χ1n) is 14.9. The molecule has 0 saturated carbocycles. The average Bonchev–Trinajstić information content (AvgIpc) is 3.48. The number of allylic oxidation sites excluding steroid dienone is 1. The van der Waals surface area contributed by atoms with E-state index < -0.39 is 0 Å². The normalized spacial score (nSPS) is 14.3. The summed E-state index contributed by atoms with van der Waals surface area (Å²) in [7, 11) is 3.13. The van der Waals surface area contributed by atoms with Crippen molar-refractivity contribution in [3.8, 4) is 45.4 Å². The summed E-state index contributed by atoms with van der Waals surface area (Å²) < 4.78 is 11.1. The van der Waals surface area contributed by atoms with Crippen molar-refractivity contribution in [3.05, 3.63) is 82.5 Å². The van der Waals surface area contributed by atoms with Crippen LogP contribution in [-0.4, -0.2) is 59.1 Å². The summed E-state index contributed by atoms with van der Waals surface area (Å²) in [6.45, 7) is 6.27. The third-order valence-electron chi connectivity index (χ3n) is 7.60. The van der Waals surface area contributed by atoms with E-state index in [1.165, 1.54) is 0 Å². The van der Waals surface area contributed by atoms with Gasteiger partial charge in [-0.05, 0) is 12.8 Å². The topological polar surface area (TPSA) is 156 Å². The lowest BCUT2D eigenvalue weighted by atomic mass is 9.98. The maximum absolute atomic E-state index is 7.37. The Labute approximate surface area is 278 Å². The molecule has 1 atom stereocenters. The number of hydrogen-bond acceptors (Lipinski definition) is 10. The van der Waals surface area contributed by atoms with E-state index in [0.29, 0.717) is 87.8 Å². The Balaban J connectivity index is 1.37. The van der Waals surface area contributed by atoms with Gasteiger partial charge in [0.2, 0.25) is 11.8 Å². The number of ether oxygens (including phenoxy) is 2. The number of nitrogens with two attached hydrogens (primary N) is 1. The van der Waals surface area contributed by atoms with E-state index >= 15 is 0 Å². The van der Waals surface area contributed by atoms with Gasteiger partial charge in [0.05, 0.1) is 53.9 Å². The molecule has 46 heavy (non-hydrogen) atoms. The quantitative estimate of drug-likeness (QED) is 0.0677. The molecular weight excluding hydrogens is 625 g/mol. The first kappa shape index (κ1) is 33.1. The number of halogens is 2. The van der Waals surface area contributed by atoms with E-state index in [2.05, 4.69) is 37.5 Å². The van der Waals surface area contributed by atoms with Gasteiger partial charge in [-0.25, -0.2) is 9.97 Å². The number of benzene rings is 2. The van der Waals surface area contributed by atoms with Gasteiger partial charge < -0.3 is 31.2 Å². The number of methoxy groups -OCH3 is 2. The molecule has 0 unspecified atom stereocenters. The van der Waals surface area contributed by atoms with E-state index in [1.54, 1.807) is 26.6 Å². The first-order chi connectivity index (χ1) is 22.3. The molecule has 0 radical (unpaired) electrons. The fourth-order valence-electron chi connectivity index (χ4n) is 5.23. The van der Waals surface area contributed by atoms with Crippen LogP contribution in [0, 0.1) is 5.41 Å². The standard InChI is InChI=1S/C33H37Cl2N9O2/c1-19-10-11-20(42-19)14-39-16-28-33(46-3)44-26(18-41-28)24-9-5-7-22(31(24)35)21-6-4-8-23(30(21)34)25-17-40-27(32(43-25)45-2)15-38-13-12-29(36)37/h4-9,17-18,20,38-39,42H,1,10-16H2,2-3H3,(H3,36,37)/t20-/m1/s1. The van der Waals surface area contributed by atoms with Gasteiger partial charge in [-0.3, -0.25) is 15.4 Å². The molecular formula is C33H37Cl2N9O2. The number of rotatable bonds is 14. The van der Waals surface area contributed by atoms with Crippen LogP contribution in [0.4, 0.5) is 0 Å². The summed E-state index contributed by atoms with van der Waals surface area (Å²) in [6, 6.07) is 11.7. The van der Waals surface area contributed by atoms with E-state index in [4.69, 9.17) is 48.8 Å². The molecule has 0 aliphatic carbocycles. The molecule has 2 aromatic carbocycles. The lowest BCUT2D eigenvalue weighted by molar-refractivity contribution is 0.386. The van der Waals surface area contributed by atoms with E-state index in [9.17, 15) is 0 Å². The molecule has 1 aliphatic heterocycles. The first-order valence-corrected chi connectivity index (χ1v) is 15.6. The molecule has 11 nitrogen and oxygen atoms in total. The molecule has 13 heteroatoms. The van der Waals surface area contributed by atoms with Crippen LogP contribution in [0.15, 0.2) is 61.1 Å². The third-order valence-corrected chi connectivity index (χ3v) is 8.41. The van der Waals surface area contributed by atoms with Crippen LogP contribution in [0.3, 0.4) is 0 Å². The molecule has 2 aromatic heterocycles. The van der Waals surface area contributed by atoms with Crippen molar-refractivity contribution in [2.45, 2.75) is 38.4 Å². The van der Waals surface area contributed by atoms with E-state index in [1.807, 2.05) is 36.4 Å². The second-order valence-corrected chi connectivity index (χ2v) is 11.6. The van der Waals surface area contributed by atoms with Crippen molar-refractivity contribution in [2.24, 2.45) is 5.73 Å². The molecule has 0 spiro atoms. The zero-order chi connectivity index (χ0) is 32.6. The van der Waals surface area contributed by atoms with Crippen LogP contribution in [0.25, 0.3) is 33.6 Å². The second kappa shape index (κ2) is 15.3. The summed E-state index contributed by atoms with van der Waals surface area (Å²) in [6.07, 6.45) is 5.87. The minimum Gasteiger partial charge on any atom is -0.480 e. The van der Waals surface area contributed by atoms with Crippen molar-refractivity contribution in [1.82, 2.24) is 35.9 Å². The molecule has 0 bridgehead atoms. The van der Waals surface area contributed by atoms with Crippen LogP contribution in [0.5, 0.6) is 11.8 Å². The SMILES string of the molecule is C=C1CC[C@H](CNCc2ncc(-c3cccc(-c4cccc(-c5cnc(CNCCC(=N)N)c(OC)n5)c4Cl)c3Cl)nc2OC)N1. The molecule has 5 rings (SSSR count). The van der Waals surface area contributed by atoms with Crippen LogP contribution >= 0.6 is 23.2 Å². The van der Waals surface area contributed by atoms with Gasteiger partial charge in [0.1, 0.15) is 11.4 Å². The fraction of sp³-hybridized carbons (Fsp3) is 0.303. The minimum absolute atomic E-state index is 0.120. The van der Waals surface area contributed by atoms with Crippen molar-refractivity contribution >= 4 is 29.0 Å². The minimum atomic E-state index is 0.120. The molecule has 1 aliphatic rings. The summed E-state index contributed by atoms with van der Waals surface area (Å²) in [5, 5.41) is 18.3. The second-order valence-electron chi connectivity index (χ2n) is 10.8. The lowest BCUT2D eigenvalue weighted by Crippen LogP contribution is -2.33. The number of amidine groups is 1. The zero-order valence-corrected chi connectivity index (χ0v) is 27.3. The Hall–Kier alpha value is -4.29. The molecule has 3 heterocycles. The Morgan fingerprint density at radius 2 is 1.43 bits per heavy atom. The summed E-state index contributed by atoms with van der Waals surface area (Å²) >= 11 is 14.0. The Bertz CT molecular complexity index is 1730. The summed E-state index contributed by atoms with van der Waals surface area (Å²) in [5.41, 5.74) is 11.8. The van der Waals surface area contributed by atoms with Crippen LogP contribution in [0.1, 0.15) is 30.7 Å². The summed E-state index contributed by atoms with van der Waals surface area (Å²) in [5.74, 6) is 0.928. The van der Waals surface area contributed by atoms with Gasteiger partial charge in [-0.15, -0.1) is 0 Å². The van der Waals surface area contributed by atoms with E-state index in [0.717, 1.165) is 36.2 Å². The van der Waals surface area contributed by atoms with Crippen LogP contribution < -0.4 is 31.2 Å². The predicted molar refractivity (Wildman–Crippen MR) is 182 cm³/mol. The Morgan fingerprint density at radius 3 is 1.91 bits per heavy atom. The van der Waals surface area contributed by atoms with Crippen molar-refractivity contribution in [2.75, 3.05) is 27.3 Å². The number of nitrogens with one attached hydrogen (secondary N) is 4. The number of hydrogen-bond donors (Lipinski definition) is 5. The molecule has 0 amide bonds. The predicted octanol–water partition coefficient (Wildman–Crippen LogP) is 5.36. The number of aromatic nitrogens is 4. The highest BCUT2D eigenvalue weighted by atomic mass is 35.5. The smallest absolute Gasteiger partial charge is 0.237 e. The third kappa shape index (κ3) is 7.73. The average molecular weight is 663 g/mol. The van der Waals surface area contributed by atoms with Crippen LogP contribution in [0.2, 0.25) is 10.0 Å². The summed E-state index contributed by atoms with van der Waals surface area (Å²) in [4.78, 5) is 18.6. The molecule has 1 fully saturated rings. The van der Waals surface area contributed by atoms with Gasteiger partial charge in [0.15, 0.2) is 0 Å². The van der Waals surface area contributed by atoms with Gasteiger partial charge in [0.25, 0.3) is 0 Å². The molecule has 240 valence electrons. The fourth-order valence-corrected chi connectivity index (χ4v) is 5.88. The van der Waals surface area contributed by atoms with Gasteiger partial charge in [-0.1, -0.05) is 66.2 Å². The highest BCUT2D eigenvalue weighted by Crippen LogP contribution is 2.42. The largest absolute Gasteiger partial charge is 0.480 e. The highest BCUT2D eigenvalue weighted by Gasteiger charge is 2.20. The van der Waals surface area contributed by atoms with Crippen molar-refractivity contribution < 1.29 is 9.47 Å². The Morgan fingerprint density at radius 1 is 0.913 bits per heavy atom. The van der Waals surface area contributed by atoms with Gasteiger partial charge in [0, 0.05) is 66.6 Å². The highest BCUT2D eigenvalue weighted by molar-refractivity contribution is 6.39. The molecule has 1 saturated heterocycles.